The fraction of sp³-hybridized carbons (Fsp3) is 0.696. The second-order valence-electron chi connectivity index (χ2n) is 10.4. The highest BCUT2D eigenvalue weighted by Gasteiger charge is 2.51. The van der Waals surface area contributed by atoms with Crippen LogP contribution < -0.4 is 16.0 Å². The van der Waals surface area contributed by atoms with Crippen molar-refractivity contribution in [1.82, 2.24) is 16.0 Å². The minimum atomic E-state index is -0.867. The Morgan fingerprint density at radius 1 is 0.929 bits per heavy atom. The van der Waals surface area contributed by atoms with Crippen LogP contribution in [0.25, 0.3) is 0 Å². The van der Waals surface area contributed by atoms with E-state index in [1.807, 2.05) is 12.1 Å². The van der Waals surface area contributed by atoms with Gasteiger partial charge in [-0.05, 0) is 54.2 Å². The Kier molecular flexibility index (Phi) is 5.05. The Hall–Kier alpha value is -1.43. The molecule has 5 nitrogen and oxygen atoms in total. The molecule has 28 heavy (non-hydrogen) atoms. The molecule has 2 aliphatic heterocycles. The van der Waals surface area contributed by atoms with Crippen molar-refractivity contribution < 1.29 is 9.90 Å². The molecular formula is C23H35N3O2. The molecule has 1 aromatic rings. The molecule has 0 aromatic heterocycles. The minimum absolute atomic E-state index is 0.302. The normalized spacial score (nSPS) is 36.6. The van der Waals surface area contributed by atoms with E-state index in [4.69, 9.17) is 5.11 Å². The van der Waals surface area contributed by atoms with Gasteiger partial charge in [0, 0.05) is 36.8 Å². The van der Waals surface area contributed by atoms with Gasteiger partial charge < -0.3 is 21.1 Å². The zero-order chi connectivity index (χ0) is 20.1. The zero-order valence-corrected chi connectivity index (χ0v) is 17.6. The molecule has 0 radical (unpaired) electrons. The summed E-state index contributed by atoms with van der Waals surface area (Å²) in [4.78, 5) is 11.1. The molecule has 154 valence electrons. The Bertz CT molecular complexity index is 728. The van der Waals surface area contributed by atoms with Crippen molar-refractivity contribution in [3.05, 3.63) is 35.4 Å². The first-order valence-corrected chi connectivity index (χ1v) is 10.8. The quantitative estimate of drug-likeness (QED) is 0.642. The standard InChI is InChI=1S/C23H35N3O2/c1-22(2)11-12-23(3,4)20-19(22)24-13-18(26-20)17-10-9-16(25-17)14-5-7-15(8-6-14)21(27)28/h5-8,16-20,24-26H,9-13H2,1-4H3,(H,27,28). The van der Waals surface area contributed by atoms with Gasteiger partial charge in [0.1, 0.15) is 0 Å². The van der Waals surface area contributed by atoms with Crippen LogP contribution in [0.15, 0.2) is 24.3 Å². The number of benzene rings is 1. The van der Waals surface area contributed by atoms with Crippen LogP contribution in [-0.4, -0.2) is 41.8 Å². The van der Waals surface area contributed by atoms with E-state index in [1.165, 1.54) is 18.4 Å². The van der Waals surface area contributed by atoms with E-state index >= 15 is 0 Å². The topological polar surface area (TPSA) is 73.4 Å². The van der Waals surface area contributed by atoms with Gasteiger partial charge in [-0.3, -0.25) is 0 Å². The minimum Gasteiger partial charge on any atom is -0.478 e. The van der Waals surface area contributed by atoms with Crippen molar-refractivity contribution >= 4 is 5.97 Å². The van der Waals surface area contributed by atoms with E-state index < -0.39 is 5.97 Å². The number of piperazine rings is 1. The number of aromatic carboxylic acids is 1. The highest BCUT2D eigenvalue weighted by molar-refractivity contribution is 5.87. The predicted molar refractivity (Wildman–Crippen MR) is 112 cm³/mol. The highest BCUT2D eigenvalue weighted by Crippen LogP contribution is 2.46. The van der Waals surface area contributed by atoms with Gasteiger partial charge >= 0.3 is 5.97 Å². The van der Waals surface area contributed by atoms with E-state index in [2.05, 4.69) is 43.6 Å². The van der Waals surface area contributed by atoms with Gasteiger partial charge in [-0.15, -0.1) is 0 Å². The largest absolute Gasteiger partial charge is 0.478 e. The molecule has 3 aliphatic rings. The van der Waals surface area contributed by atoms with Crippen molar-refractivity contribution in [2.24, 2.45) is 10.8 Å². The number of fused-ring (bicyclic) bond motifs is 1. The van der Waals surface area contributed by atoms with Crippen LogP contribution in [0.5, 0.6) is 0 Å². The lowest BCUT2D eigenvalue weighted by molar-refractivity contribution is 0.00661. The molecular weight excluding hydrogens is 350 g/mol. The van der Waals surface area contributed by atoms with Crippen molar-refractivity contribution in [3.8, 4) is 0 Å². The summed E-state index contributed by atoms with van der Waals surface area (Å²) in [6.07, 6.45) is 4.78. The first kappa shape index (κ1) is 19.9. The number of carboxylic acids is 1. The maximum atomic E-state index is 11.1. The van der Waals surface area contributed by atoms with E-state index in [0.717, 1.165) is 19.4 Å². The number of carbonyl (C=O) groups is 1. The van der Waals surface area contributed by atoms with Gasteiger partial charge in [-0.25, -0.2) is 4.79 Å². The van der Waals surface area contributed by atoms with Crippen molar-refractivity contribution in [2.75, 3.05) is 6.54 Å². The highest BCUT2D eigenvalue weighted by atomic mass is 16.4. The number of nitrogens with one attached hydrogen (secondary N) is 3. The smallest absolute Gasteiger partial charge is 0.335 e. The van der Waals surface area contributed by atoms with E-state index in [9.17, 15) is 4.79 Å². The molecule has 4 N–H and O–H groups in total. The van der Waals surface area contributed by atoms with Gasteiger partial charge in [-0.1, -0.05) is 39.8 Å². The monoisotopic (exact) mass is 385 g/mol. The summed E-state index contributed by atoms with van der Waals surface area (Å²) in [6.45, 7) is 10.6. The molecule has 2 heterocycles. The third kappa shape index (κ3) is 3.60. The lowest BCUT2D eigenvalue weighted by Gasteiger charge is -2.57. The summed E-state index contributed by atoms with van der Waals surface area (Å²) in [7, 11) is 0. The average molecular weight is 386 g/mol. The molecule has 1 aromatic carbocycles. The van der Waals surface area contributed by atoms with Crippen molar-refractivity contribution in [2.45, 2.75) is 83.6 Å². The first-order chi connectivity index (χ1) is 13.2. The molecule has 4 rings (SSSR count). The van der Waals surface area contributed by atoms with Crippen molar-refractivity contribution in [3.63, 3.8) is 0 Å². The van der Waals surface area contributed by atoms with Crippen LogP contribution in [-0.2, 0) is 0 Å². The van der Waals surface area contributed by atoms with E-state index in [1.54, 1.807) is 12.1 Å². The van der Waals surface area contributed by atoms with Crippen LogP contribution in [0, 0.1) is 10.8 Å². The fourth-order valence-corrected chi connectivity index (χ4v) is 5.59. The molecule has 0 spiro atoms. The Morgan fingerprint density at radius 2 is 1.57 bits per heavy atom. The molecule has 5 heteroatoms. The Balaban J connectivity index is 1.43. The summed E-state index contributed by atoms with van der Waals surface area (Å²) in [5.74, 6) is -0.867. The van der Waals surface area contributed by atoms with Crippen LogP contribution in [0.2, 0.25) is 0 Å². The molecule has 5 unspecified atom stereocenters. The summed E-state index contributed by atoms with van der Waals surface area (Å²) in [5.41, 5.74) is 2.17. The lowest BCUT2D eigenvalue weighted by atomic mass is 9.60. The Labute approximate surface area is 168 Å². The maximum Gasteiger partial charge on any atom is 0.335 e. The van der Waals surface area contributed by atoms with E-state index in [0.29, 0.717) is 46.6 Å². The maximum absolute atomic E-state index is 11.1. The lowest BCUT2D eigenvalue weighted by Crippen LogP contribution is -2.73. The predicted octanol–water partition coefficient (Wildman–Crippen LogP) is 3.32. The summed E-state index contributed by atoms with van der Waals surface area (Å²) >= 11 is 0. The molecule has 0 bridgehead atoms. The molecule has 1 aliphatic carbocycles. The summed E-state index contributed by atoms with van der Waals surface area (Å²) < 4.78 is 0. The van der Waals surface area contributed by atoms with Gasteiger partial charge in [-0.2, -0.15) is 0 Å². The molecule has 3 fully saturated rings. The van der Waals surface area contributed by atoms with Crippen LogP contribution in [0.3, 0.4) is 0 Å². The summed E-state index contributed by atoms with van der Waals surface area (Å²) in [6, 6.07) is 9.53. The van der Waals surface area contributed by atoms with Crippen molar-refractivity contribution in [1.29, 1.82) is 0 Å². The van der Waals surface area contributed by atoms with Crippen LogP contribution in [0.1, 0.15) is 75.3 Å². The van der Waals surface area contributed by atoms with Gasteiger partial charge in [0.05, 0.1) is 5.56 Å². The second kappa shape index (κ2) is 7.12. The SMILES string of the molecule is CC1(C)CCC(C)(C)C2NC(C3CCC(c4ccc(C(=O)O)cc4)N3)CNC21. The second-order valence-corrected chi connectivity index (χ2v) is 10.4. The van der Waals surface area contributed by atoms with Crippen LogP contribution >= 0.6 is 0 Å². The first-order valence-electron chi connectivity index (χ1n) is 10.8. The number of carboxylic acid groups (broad SMARTS) is 1. The van der Waals surface area contributed by atoms with Gasteiger partial charge in [0.2, 0.25) is 0 Å². The van der Waals surface area contributed by atoms with Gasteiger partial charge in [0.15, 0.2) is 0 Å². The number of rotatable bonds is 3. The molecule has 1 saturated carbocycles. The summed E-state index contributed by atoms with van der Waals surface area (Å²) in [5, 5.41) is 20.9. The zero-order valence-electron chi connectivity index (χ0n) is 17.6. The van der Waals surface area contributed by atoms with Gasteiger partial charge in [0.25, 0.3) is 0 Å². The average Bonchev–Trinajstić information content (AvgIpc) is 3.15. The van der Waals surface area contributed by atoms with Crippen LogP contribution in [0.4, 0.5) is 0 Å². The Morgan fingerprint density at radius 3 is 2.21 bits per heavy atom. The number of hydrogen-bond acceptors (Lipinski definition) is 4. The number of hydrogen-bond donors (Lipinski definition) is 4. The third-order valence-electron chi connectivity index (χ3n) is 7.61. The fourth-order valence-electron chi connectivity index (χ4n) is 5.59. The van der Waals surface area contributed by atoms with E-state index in [-0.39, 0.29) is 0 Å². The molecule has 0 amide bonds. The molecule has 5 atom stereocenters. The third-order valence-corrected chi connectivity index (χ3v) is 7.61. The molecule has 2 saturated heterocycles.